The first-order valence-electron chi connectivity index (χ1n) is 5.38. The maximum atomic E-state index is 11.0. The Bertz CT molecular complexity index is 704. The van der Waals surface area contributed by atoms with Crippen molar-refractivity contribution in [3.8, 4) is 11.4 Å². The van der Waals surface area contributed by atoms with Gasteiger partial charge in [-0.2, -0.15) is 0 Å². The summed E-state index contributed by atoms with van der Waals surface area (Å²) in [7, 11) is 0. The van der Waals surface area contributed by atoms with Crippen molar-refractivity contribution in [1.82, 2.24) is 9.55 Å². The van der Waals surface area contributed by atoms with Crippen molar-refractivity contribution in [2.45, 2.75) is 6.61 Å². The number of nitrogens with zero attached hydrogens (tertiary/aromatic N) is 2. The number of benzene rings is 1. The molecule has 0 saturated heterocycles. The van der Waals surface area contributed by atoms with Crippen LogP contribution in [0.3, 0.4) is 0 Å². The SMILES string of the molecule is O=C(O)c1ccc2c(c1)-n1cnc(C(=O)O)c1CO2. The minimum absolute atomic E-state index is 0.0844. The third-order valence-corrected chi connectivity index (χ3v) is 2.90. The molecule has 7 nitrogen and oxygen atoms in total. The molecule has 19 heavy (non-hydrogen) atoms. The molecule has 1 aliphatic heterocycles. The molecule has 0 fully saturated rings. The van der Waals surface area contributed by atoms with Crippen LogP contribution in [0.2, 0.25) is 0 Å². The molecule has 0 aliphatic carbocycles. The van der Waals surface area contributed by atoms with E-state index in [1.807, 2.05) is 0 Å². The van der Waals surface area contributed by atoms with Gasteiger partial charge >= 0.3 is 11.9 Å². The number of hydrogen-bond acceptors (Lipinski definition) is 4. The summed E-state index contributed by atoms with van der Waals surface area (Å²) in [4.78, 5) is 25.8. The average molecular weight is 260 g/mol. The monoisotopic (exact) mass is 260 g/mol. The zero-order valence-corrected chi connectivity index (χ0v) is 9.53. The van der Waals surface area contributed by atoms with Gasteiger partial charge in [0, 0.05) is 0 Å². The van der Waals surface area contributed by atoms with Gasteiger partial charge in [-0.25, -0.2) is 14.6 Å². The number of hydrogen-bond donors (Lipinski definition) is 2. The van der Waals surface area contributed by atoms with E-state index in [2.05, 4.69) is 4.98 Å². The molecule has 2 aromatic rings. The minimum atomic E-state index is -1.14. The Morgan fingerprint density at radius 2 is 2.05 bits per heavy atom. The second kappa shape index (κ2) is 3.84. The van der Waals surface area contributed by atoms with Crippen molar-refractivity contribution in [2.24, 2.45) is 0 Å². The molecule has 1 aliphatic rings. The Balaban J connectivity index is 2.20. The molecule has 96 valence electrons. The van der Waals surface area contributed by atoms with Gasteiger partial charge in [0.1, 0.15) is 18.7 Å². The summed E-state index contributed by atoms with van der Waals surface area (Å²) >= 11 is 0. The van der Waals surface area contributed by atoms with Gasteiger partial charge in [-0.1, -0.05) is 0 Å². The lowest BCUT2D eigenvalue weighted by molar-refractivity contribution is 0.0679. The van der Waals surface area contributed by atoms with Gasteiger partial charge in [0.2, 0.25) is 0 Å². The van der Waals surface area contributed by atoms with Gasteiger partial charge < -0.3 is 14.9 Å². The topological polar surface area (TPSA) is 102 Å². The van der Waals surface area contributed by atoms with Crippen LogP contribution in [0.25, 0.3) is 5.69 Å². The van der Waals surface area contributed by atoms with Crippen LogP contribution in [0.4, 0.5) is 0 Å². The minimum Gasteiger partial charge on any atom is -0.485 e. The number of imidazole rings is 1. The van der Waals surface area contributed by atoms with Crippen molar-refractivity contribution < 1.29 is 24.5 Å². The largest absolute Gasteiger partial charge is 0.485 e. The van der Waals surface area contributed by atoms with E-state index in [-0.39, 0.29) is 17.9 Å². The molecule has 0 radical (unpaired) electrons. The molecule has 0 saturated carbocycles. The highest BCUT2D eigenvalue weighted by atomic mass is 16.5. The Hall–Kier alpha value is -2.83. The summed E-state index contributed by atoms with van der Waals surface area (Å²) in [6.07, 6.45) is 1.35. The first-order valence-corrected chi connectivity index (χ1v) is 5.38. The van der Waals surface area contributed by atoms with Crippen molar-refractivity contribution in [1.29, 1.82) is 0 Å². The summed E-state index contributed by atoms with van der Waals surface area (Å²) < 4.78 is 6.95. The number of aromatic carboxylic acids is 2. The number of carboxylic acid groups (broad SMARTS) is 2. The van der Waals surface area contributed by atoms with E-state index in [0.29, 0.717) is 17.1 Å². The molecular weight excluding hydrogens is 252 g/mol. The third-order valence-electron chi connectivity index (χ3n) is 2.90. The molecule has 0 spiro atoms. The summed E-state index contributed by atoms with van der Waals surface area (Å²) in [5.74, 6) is -1.71. The molecule has 0 bridgehead atoms. The normalized spacial score (nSPS) is 12.2. The fraction of sp³-hybridized carbons (Fsp3) is 0.0833. The van der Waals surface area contributed by atoms with Crippen molar-refractivity contribution >= 4 is 11.9 Å². The molecule has 2 N–H and O–H groups in total. The van der Waals surface area contributed by atoms with Crippen molar-refractivity contribution in [2.75, 3.05) is 0 Å². The summed E-state index contributed by atoms with van der Waals surface area (Å²) in [6.45, 7) is 0.0844. The second-order valence-electron chi connectivity index (χ2n) is 3.99. The van der Waals surface area contributed by atoms with Crippen LogP contribution >= 0.6 is 0 Å². The molecule has 3 rings (SSSR count). The van der Waals surface area contributed by atoms with E-state index in [4.69, 9.17) is 14.9 Å². The van der Waals surface area contributed by atoms with Crippen molar-refractivity contribution in [3.63, 3.8) is 0 Å². The lowest BCUT2D eigenvalue weighted by atomic mass is 10.1. The van der Waals surface area contributed by atoms with Gasteiger partial charge in [-0.3, -0.25) is 4.57 Å². The Kier molecular flexibility index (Phi) is 2.28. The molecule has 1 aromatic heterocycles. The van der Waals surface area contributed by atoms with Crippen molar-refractivity contribution in [3.05, 3.63) is 41.5 Å². The van der Waals surface area contributed by atoms with E-state index in [0.717, 1.165) is 0 Å². The lowest BCUT2D eigenvalue weighted by Gasteiger charge is -2.20. The van der Waals surface area contributed by atoms with Gasteiger partial charge in [0.05, 0.1) is 16.9 Å². The maximum absolute atomic E-state index is 11.0. The number of carboxylic acids is 2. The van der Waals surface area contributed by atoms with Crippen LogP contribution in [0, 0.1) is 0 Å². The van der Waals surface area contributed by atoms with Gasteiger partial charge in [0.25, 0.3) is 0 Å². The van der Waals surface area contributed by atoms with Crippen LogP contribution in [-0.2, 0) is 6.61 Å². The highest BCUT2D eigenvalue weighted by Crippen LogP contribution is 2.31. The molecule has 2 heterocycles. The third kappa shape index (κ3) is 1.63. The van der Waals surface area contributed by atoms with E-state index in [1.54, 1.807) is 6.07 Å². The Labute approximate surface area is 106 Å². The quantitative estimate of drug-likeness (QED) is 0.840. The van der Waals surface area contributed by atoms with Crippen LogP contribution < -0.4 is 4.74 Å². The Morgan fingerprint density at radius 1 is 1.26 bits per heavy atom. The molecule has 0 atom stereocenters. The van der Waals surface area contributed by atoms with E-state index >= 15 is 0 Å². The number of ether oxygens (including phenoxy) is 1. The molecule has 0 unspecified atom stereocenters. The maximum Gasteiger partial charge on any atom is 0.356 e. The number of aromatic nitrogens is 2. The first kappa shape index (κ1) is 11.3. The van der Waals surface area contributed by atoms with Gasteiger partial charge in [0.15, 0.2) is 5.69 Å². The number of carbonyl (C=O) groups is 2. The summed E-state index contributed by atoms with van der Waals surface area (Å²) in [5.41, 5.74) is 0.871. The predicted octanol–water partition coefficient (Wildman–Crippen LogP) is 1.16. The zero-order valence-electron chi connectivity index (χ0n) is 9.53. The standard InChI is InChI=1S/C12H8N2O5/c15-11(16)6-1-2-9-7(3-6)14-5-13-10(12(17)18)8(14)4-19-9/h1-3,5H,4H2,(H,15,16)(H,17,18). The van der Waals surface area contributed by atoms with Crippen LogP contribution in [0.15, 0.2) is 24.5 Å². The average Bonchev–Trinajstić information content (AvgIpc) is 2.82. The van der Waals surface area contributed by atoms with Crippen LogP contribution in [0.1, 0.15) is 26.5 Å². The predicted molar refractivity (Wildman–Crippen MR) is 61.8 cm³/mol. The van der Waals surface area contributed by atoms with E-state index in [1.165, 1.54) is 23.0 Å². The van der Waals surface area contributed by atoms with Gasteiger partial charge in [-0.05, 0) is 18.2 Å². The second-order valence-corrected chi connectivity index (χ2v) is 3.99. The van der Waals surface area contributed by atoms with Crippen LogP contribution in [-0.4, -0.2) is 31.7 Å². The fourth-order valence-electron chi connectivity index (χ4n) is 2.00. The molecule has 7 heteroatoms. The van der Waals surface area contributed by atoms with E-state index in [9.17, 15) is 9.59 Å². The molecule has 0 amide bonds. The van der Waals surface area contributed by atoms with Crippen LogP contribution in [0.5, 0.6) is 5.75 Å². The van der Waals surface area contributed by atoms with E-state index < -0.39 is 11.9 Å². The smallest absolute Gasteiger partial charge is 0.356 e. The lowest BCUT2D eigenvalue weighted by Crippen LogP contribution is -2.15. The number of rotatable bonds is 2. The highest BCUT2D eigenvalue weighted by Gasteiger charge is 2.25. The van der Waals surface area contributed by atoms with Gasteiger partial charge in [-0.15, -0.1) is 0 Å². The summed E-state index contributed by atoms with van der Waals surface area (Å²) in [6, 6.07) is 4.40. The fourth-order valence-corrected chi connectivity index (χ4v) is 2.00. The first-order chi connectivity index (χ1) is 9.08. The molecular formula is C12H8N2O5. The number of fused-ring (bicyclic) bond motifs is 3. The highest BCUT2D eigenvalue weighted by molar-refractivity contribution is 5.89. The zero-order chi connectivity index (χ0) is 13.6. The molecule has 1 aromatic carbocycles. The Morgan fingerprint density at radius 3 is 2.74 bits per heavy atom. The summed E-state index contributed by atoms with van der Waals surface area (Å²) in [5, 5.41) is 18.0.